The molecule has 3 aromatic rings. The predicted molar refractivity (Wildman–Crippen MR) is 89.0 cm³/mol. The predicted octanol–water partition coefficient (Wildman–Crippen LogP) is 3.25. The number of likely N-dealkylation sites (tertiary alicyclic amines) is 1. The Hall–Kier alpha value is -1.98. The number of nitrogens with zero attached hydrogens (tertiary/aromatic N) is 3. The molecule has 0 bridgehead atoms. The van der Waals surface area contributed by atoms with Gasteiger partial charge in [0.05, 0.1) is 18.4 Å². The second-order valence-corrected chi connectivity index (χ2v) is 6.63. The van der Waals surface area contributed by atoms with Gasteiger partial charge in [-0.3, -0.25) is 14.4 Å². The zero-order valence-electron chi connectivity index (χ0n) is 12.2. The van der Waals surface area contributed by atoms with E-state index >= 15 is 0 Å². The fourth-order valence-electron chi connectivity index (χ4n) is 3.24. The van der Waals surface area contributed by atoms with Gasteiger partial charge in [0.1, 0.15) is 0 Å². The normalized spacial score (nSPS) is 19.0. The van der Waals surface area contributed by atoms with E-state index in [1.54, 1.807) is 0 Å². The number of benzene rings is 1. The van der Waals surface area contributed by atoms with Crippen molar-refractivity contribution in [1.29, 1.82) is 0 Å². The lowest BCUT2D eigenvalue weighted by Gasteiger charge is -2.24. The molecule has 0 amide bonds. The highest BCUT2D eigenvalue weighted by molar-refractivity contribution is 7.10. The molecule has 1 aliphatic heterocycles. The van der Waals surface area contributed by atoms with Crippen molar-refractivity contribution in [2.24, 2.45) is 0 Å². The third-order valence-electron chi connectivity index (χ3n) is 4.31. The Balaban J connectivity index is 1.69. The van der Waals surface area contributed by atoms with Crippen LogP contribution in [0.25, 0.3) is 10.9 Å². The van der Waals surface area contributed by atoms with Gasteiger partial charge < -0.3 is 0 Å². The van der Waals surface area contributed by atoms with Gasteiger partial charge in [-0.05, 0) is 36.4 Å². The molecular weight excluding hydrogens is 294 g/mol. The number of para-hydroxylation sites is 1. The van der Waals surface area contributed by atoms with Crippen LogP contribution in [0.2, 0.25) is 0 Å². The largest absolute Gasteiger partial charge is 0.287 e. The monoisotopic (exact) mass is 311 g/mol. The highest BCUT2D eigenvalue weighted by Crippen LogP contribution is 2.34. The lowest BCUT2D eigenvalue weighted by atomic mass is 10.2. The number of rotatable bonds is 3. The van der Waals surface area contributed by atoms with Gasteiger partial charge in [-0.2, -0.15) is 5.10 Å². The van der Waals surface area contributed by atoms with Gasteiger partial charge in [0.2, 0.25) is 5.43 Å². The van der Waals surface area contributed by atoms with Crippen LogP contribution in [0.15, 0.2) is 52.8 Å². The summed E-state index contributed by atoms with van der Waals surface area (Å²) in [5.74, 6) is 0. The molecule has 0 aliphatic carbocycles. The highest BCUT2D eigenvalue weighted by Gasteiger charge is 2.27. The minimum Gasteiger partial charge on any atom is -0.287 e. The lowest BCUT2D eigenvalue weighted by molar-refractivity contribution is 0.196. The molecule has 1 saturated heterocycles. The van der Waals surface area contributed by atoms with E-state index in [1.807, 2.05) is 40.3 Å². The first-order valence-electron chi connectivity index (χ1n) is 7.55. The third kappa shape index (κ3) is 2.36. The second-order valence-electron chi connectivity index (χ2n) is 5.65. The fraction of sp³-hybridized carbons (Fsp3) is 0.294. The average Bonchev–Trinajstić information content (AvgIpc) is 3.21. The Bertz CT molecular complexity index is 840. The molecule has 0 unspecified atom stereocenters. The molecule has 4 nitrogen and oxygen atoms in total. The molecule has 0 radical (unpaired) electrons. The number of aromatic nitrogens is 2. The molecule has 0 N–H and O–H groups in total. The Morgan fingerprint density at radius 2 is 2.14 bits per heavy atom. The molecule has 2 aromatic heterocycles. The summed E-state index contributed by atoms with van der Waals surface area (Å²) in [6, 6.07) is 12.5. The maximum Gasteiger partial charge on any atom is 0.207 e. The van der Waals surface area contributed by atoms with Crippen LogP contribution in [0.3, 0.4) is 0 Å². The van der Waals surface area contributed by atoms with Crippen LogP contribution in [0, 0.1) is 0 Å². The number of thiophene rings is 1. The molecule has 4 rings (SSSR count). The van der Waals surface area contributed by atoms with Crippen LogP contribution in [0.5, 0.6) is 0 Å². The molecule has 3 heterocycles. The topological polar surface area (TPSA) is 38.1 Å². The number of hydrogen-bond donors (Lipinski definition) is 0. The maximum atomic E-state index is 11.9. The van der Waals surface area contributed by atoms with E-state index in [1.165, 1.54) is 23.9 Å². The minimum absolute atomic E-state index is 0.0110. The van der Waals surface area contributed by atoms with Gasteiger partial charge in [-0.15, -0.1) is 11.3 Å². The van der Waals surface area contributed by atoms with Crippen molar-refractivity contribution in [2.75, 3.05) is 6.54 Å². The quantitative estimate of drug-likeness (QED) is 0.745. The standard InChI is InChI=1S/C17H17N3OS/c21-16-11-18-20(14-6-2-1-5-13(14)16)12-19-9-3-7-15(19)17-8-4-10-22-17/h1-2,4-6,8,10-11,15H,3,7,9,12H2/t15-/m0/s1. The third-order valence-corrected chi connectivity index (χ3v) is 5.29. The Labute approximate surface area is 132 Å². The van der Waals surface area contributed by atoms with Crippen LogP contribution in [0.1, 0.15) is 23.8 Å². The molecule has 22 heavy (non-hydrogen) atoms. The molecule has 1 atom stereocenters. The molecule has 1 fully saturated rings. The Kier molecular flexibility index (Phi) is 3.52. The second kappa shape index (κ2) is 5.66. The van der Waals surface area contributed by atoms with Crippen molar-refractivity contribution >= 4 is 22.2 Å². The Morgan fingerprint density at radius 1 is 1.23 bits per heavy atom. The fourth-order valence-corrected chi connectivity index (χ4v) is 4.14. The summed E-state index contributed by atoms with van der Waals surface area (Å²) in [5.41, 5.74) is 0.898. The Morgan fingerprint density at radius 3 is 3.00 bits per heavy atom. The van der Waals surface area contributed by atoms with E-state index in [4.69, 9.17) is 0 Å². The summed E-state index contributed by atoms with van der Waals surface area (Å²) in [6.45, 7) is 1.80. The zero-order chi connectivity index (χ0) is 14.9. The van der Waals surface area contributed by atoms with E-state index in [0.29, 0.717) is 6.04 Å². The molecule has 112 valence electrons. The van der Waals surface area contributed by atoms with Crippen molar-refractivity contribution in [3.05, 3.63) is 63.1 Å². The van der Waals surface area contributed by atoms with Crippen molar-refractivity contribution in [1.82, 2.24) is 14.7 Å². The van der Waals surface area contributed by atoms with Crippen molar-refractivity contribution in [3.63, 3.8) is 0 Å². The number of hydrogen-bond acceptors (Lipinski definition) is 4. The minimum atomic E-state index is -0.0110. The van der Waals surface area contributed by atoms with Gasteiger partial charge in [0, 0.05) is 22.8 Å². The van der Waals surface area contributed by atoms with Gasteiger partial charge in [0.15, 0.2) is 0 Å². The molecule has 1 aliphatic rings. The van der Waals surface area contributed by atoms with Crippen molar-refractivity contribution in [3.8, 4) is 0 Å². The number of fused-ring (bicyclic) bond motifs is 1. The van der Waals surface area contributed by atoms with Gasteiger partial charge in [-0.25, -0.2) is 0 Å². The summed E-state index contributed by atoms with van der Waals surface area (Å²) in [7, 11) is 0. The zero-order valence-corrected chi connectivity index (χ0v) is 13.0. The molecule has 0 spiro atoms. The van der Waals surface area contributed by atoms with Crippen molar-refractivity contribution in [2.45, 2.75) is 25.6 Å². The van der Waals surface area contributed by atoms with Gasteiger partial charge in [0.25, 0.3) is 0 Å². The summed E-state index contributed by atoms with van der Waals surface area (Å²) in [4.78, 5) is 15.8. The first-order chi connectivity index (χ1) is 10.8. The van der Waals surface area contributed by atoms with E-state index in [2.05, 4.69) is 27.5 Å². The van der Waals surface area contributed by atoms with E-state index in [9.17, 15) is 4.79 Å². The van der Waals surface area contributed by atoms with Gasteiger partial charge in [-0.1, -0.05) is 18.2 Å². The van der Waals surface area contributed by atoms with Gasteiger partial charge >= 0.3 is 0 Å². The molecule has 5 heteroatoms. The summed E-state index contributed by atoms with van der Waals surface area (Å²) >= 11 is 1.82. The SMILES string of the molecule is O=c1cnn(CN2CCC[C@H]2c2cccs2)c2ccccc12. The van der Waals surface area contributed by atoms with Crippen LogP contribution >= 0.6 is 11.3 Å². The average molecular weight is 311 g/mol. The van der Waals surface area contributed by atoms with Crippen LogP contribution < -0.4 is 5.43 Å². The first kappa shape index (κ1) is 13.7. The van der Waals surface area contributed by atoms with Crippen LogP contribution in [-0.4, -0.2) is 21.2 Å². The van der Waals surface area contributed by atoms with E-state index < -0.39 is 0 Å². The molecule has 0 saturated carbocycles. The first-order valence-corrected chi connectivity index (χ1v) is 8.43. The highest BCUT2D eigenvalue weighted by atomic mass is 32.1. The van der Waals surface area contributed by atoms with Crippen molar-refractivity contribution < 1.29 is 0 Å². The summed E-state index contributed by atoms with van der Waals surface area (Å²) in [5, 5.41) is 7.23. The van der Waals surface area contributed by atoms with E-state index in [0.717, 1.165) is 24.1 Å². The summed E-state index contributed by atoms with van der Waals surface area (Å²) < 4.78 is 1.95. The lowest BCUT2D eigenvalue weighted by Crippen LogP contribution is -2.28. The maximum absolute atomic E-state index is 11.9. The molecule has 1 aromatic carbocycles. The molecular formula is C17H17N3OS. The summed E-state index contributed by atoms with van der Waals surface area (Å²) in [6.07, 6.45) is 3.83. The van der Waals surface area contributed by atoms with Crippen LogP contribution in [-0.2, 0) is 6.67 Å². The van der Waals surface area contributed by atoms with E-state index in [-0.39, 0.29) is 5.43 Å². The smallest absolute Gasteiger partial charge is 0.207 e. The van der Waals surface area contributed by atoms with Crippen LogP contribution in [0.4, 0.5) is 0 Å².